The molecule has 0 saturated carbocycles. The summed E-state index contributed by atoms with van der Waals surface area (Å²) in [4.78, 5) is 25.7. The van der Waals surface area contributed by atoms with Crippen LogP contribution < -0.4 is 30.2 Å². The van der Waals surface area contributed by atoms with E-state index in [1.165, 1.54) is 32.4 Å². The second-order valence-corrected chi connectivity index (χ2v) is 6.78. The number of hydrogen-bond donors (Lipinski definition) is 2. The summed E-state index contributed by atoms with van der Waals surface area (Å²) in [7, 11) is 2.78. The van der Waals surface area contributed by atoms with Crippen LogP contribution in [0.5, 0.6) is 17.2 Å². The fourth-order valence-corrected chi connectivity index (χ4v) is 3.30. The van der Waals surface area contributed by atoms with E-state index < -0.39 is 11.8 Å². The van der Waals surface area contributed by atoms with Gasteiger partial charge in [0.1, 0.15) is 5.82 Å². The molecule has 8 nitrogen and oxygen atoms in total. The molecular formula is C21H24FN3O5. The number of ether oxygens (including phenoxy) is 3. The molecule has 1 heterocycles. The summed E-state index contributed by atoms with van der Waals surface area (Å²) >= 11 is 0. The zero-order chi connectivity index (χ0) is 21.7. The number of carbonyl (C=O) groups excluding carboxylic acids is 2. The molecule has 2 aromatic rings. The molecule has 30 heavy (non-hydrogen) atoms. The van der Waals surface area contributed by atoms with Crippen molar-refractivity contribution in [3.05, 3.63) is 41.7 Å². The van der Waals surface area contributed by atoms with Crippen LogP contribution in [0.15, 0.2) is 30.3 Å². The Morgan fingerprint density at radius 3 is 2.27 bits per heavy atom. The monoisotopic (exact) mass is 417 g/mol. The third-order valence-corrected chi connectivity index (χ3v) is 4.73. The number of amides is 2. The Balaban J connectivity index is 1.80. The zero-order valence-corrected chi connectivity index (χ0v) is 16.9. The molecule has 2 aromatic carbocycles. The first-order chi connectivity index (χ1) is 14.4. The number of primary amides is 1. The van der Waals surface area contributed by atoms with Crippen LogP contribution in [0.25, 0.3) is 0 Å². The number of carbonyl (C=O) groups is 2. The lowest BCUT2D eigenvalue weighted by atomic mass is 10.1. The summed E-state index contributed by atoms with van der Waals surface area (Å²) < 4.78 is 30.3. The van der Waals surface area contributed by atoms with E-state index in [4.69, 9.17) is 19.9 Å². The maximum Gasteiger partial charge on any atom is 0.255 e. The lowest BCUT2D eigenvalue weighted by Crippen LogP contribution is -2.20. The van der Waals surface area contributed by atoms with E-state index in [0.29, 0.717) is 11.4 Å². The topological polar surface area (TPSA) is 103 Å². The molecule has 2 amide bonds. The van der Waals surface area contributed by atoms with Crippen molar-refractivity contribution in [3.8, 4) is 17.2 Å². The molecule has 1 aliphatic rings. The fourth-order valence-electron chi connectivity index (χ4n) is 3.30. The Hall–Kier alpha value is -3.49. The van der Waals surface area contributed by atoms with Crippen LogP contribution in [0.3, 0.4) is 0 Å². The first kappa shape index (κ1) is 21.2. The van der Waals surface area contributed by atoms with E-state index in [9.17, 15) is 14.0 Å². The molecule has 0 unspecified atom stereocenters. The molecule has 0 spiro atoms. The number of nitrogens with one attached hydrogen (secondary N) is 1. The van der Waals surface area contributed by atoms with Crippen molar-refractivity contribution in [1.82, 2.24) is 0 Å². The number of hydrogen-bond acceptors (Lipinski definition) is 6. The average molecular weight is 417 g/mol. The molecule has 0 aromatic heterocycles. The Morgan fingerprint density at radius 1 is 1.10 bits per heavy atom. The van der Waals surface area contributed by atoms with E-state index in [2.05, 4.69) is 5.32 Å². The highest BCUT2D eigenvalue weighted by Gasteiger charge is 2.20. The fraction of sp³-hybridized carbons (Fsp3) is 0.333. The molecule has 3 rings (SSSR count). The van der Waals surface area contributed by atoms with E-state index in [-0.39, 0.29) is 35.2 Å². The molecule has 0 atom stereocenters. The Bertz CT molecular complexity index is 919. The smallest absolute Gasteiger partial charge is 0.255 e. The molecule has 1 saturated heterocycles. The van der Waals surface area contributed by atoms with Crippen molar-refractivity contribution in [2.45, 2.75) is 12.8 Å². The van der Waals surface area contributed by atoms with Crippen molar-refractivity contribution in [2.75, 3.05) is 44.1 Å². The predicted molar refractivity (Wildman–Crippen MR) is 110 cm³/mol. The third-order valence-electron chi connectivity index (χ3n) is 4.73. The van der Waals surface area contributed by atoms with Gasteiger partial charge < -0.3 is 30.2 Å². The Labute approximate surface area is 173 Å². The third kappa shape index (κ3) is 4.73. The molecular weight excluding hydrogens is 393 g/mol. The van der Waals surface area contributed by atoms with Gasteiger partial charge in [-0.25, -0.2) is 4.39 Å². The van der Waals surface area contributed by atoms with Gasteiger partial charge in [0.15, 0.2) is 18.1 Å². The van der Waals surface area contributed by atoms with Gasteiger partial charge in [-0.3, -0.25) is 9.59 Å². The summed E-state index contributed by atoms with van der Waals surface area (Å²) in [6.45, 7) is 1.28. The molecule has 1 fully saturated rings. The van der Waals surface area contributed by atoms with Crippen molar-refractivity contribution >= 4 is 23.2 Å². The molecule has 1 aliphatic heterocycles. The molecule has 0 aliphatic carbocycles. The van der Waals surface area contributed by atoms with E-state index in [1.807, 2.05) is 4.90 Å². The normalized spacial score (nSPS) is 13.1. The Kier molecular flexibility index (Phi) is 6.61. The number of halogens is 1. The number of nitrogens with two attached hydrogens (primary N) is 1. The minimum atomic E-state index is -0.666. The average Bonchev–Trinajstić information content (AvgIpc) is 3.26. The number of anilines is 2. The van der Waals surface area contributed by atoms with Gasteiger partial charge in [-0.1, -0.05) is 0 Å². The van der Waals surface area contributed by atoms with Crippen molar-refractivity contribution in [2.24, 2.45) is 5.73 Å². The maximum absolute atomic E-state index is 14.5. The first-order valence-electron chi connectivity index (χ1n) is 9.46. The predicted octanol–water partition coefficient (Wildman–Crippen LogP) is 2.56. The van der Waals surface area contributed by atoms with Crippen LogP contribution in [-0.4, -0.2) is 45.7 Å². The first-order valence-corrected chi connectivity index (χ1v) is 9.46. The highest BCUT2D eigenvalue weighted by molar-refractivity contribution is 6.05. The van der Waals surface area contributed by atoms with Crippen LogP contribution in [0.1, 0.15) is 23.2 Å². The highest BCUT2D eigenvalue weighted by Crippen LogP contribution is 2.38. The van der Waals surface area contributed by atoms with Gasteiger partial charge in [0, 0.05) is 24.3 Å². The summed E-state index contributed by atoms with van der Waals surface area (Å²) in [6, 6.07) is 7.49. The van der Waals surface area contributed by atoms with Crippen molar-refractivity contribution in [1.29, 1.82) is 0 Å². The van der Waals surface area contributed by atoms with Gasteiger partial charge in [0.25, 0.3) is 11.8 Å². The van der Waals surface area contributed by atoms with Gasteiger partial charge >= 0.3 is 0 Å². The van der Waals surface area contributed by atoms with E-state index in [0.717, 1.165) is 25.9 Å². The van der Waals surface area contributed by atoms with Gasteiger partial charge in [-0.05, 0) is 43.2 Å². The lowest BCUT2D eigenvalue weighted by Gasteiger charge is -2.19. The van der Waals surface area contributed by atoms with Gasteiger partial charge in [0.05, 0.1) is 19.9 Å². The number of benzene rings is 2. The molecule has 3 N–H and O–H groups in total. The minimum absolute atomic E-state index is 0.149. The number of methoxy groups -OCH3 is 2. The summed E-state index contributed by atoms with van der Waals surface area (Å²) in [5, 5.41) is 2.67. The van der Waals surface area contributed by atoms with Gasteiger partial charge in [-0.2, -0.15) is 0 Å². The van der Waals surface area contributed by atoms with Crippen LogP contribution >= 0.6 is 0 Å². The molecule has 0 bridgehead atoms. The van der Waals surface area contributed by atoms with Crippen LogP contribution in [0.4, 0.5) is 15.8 Å². The number of rotatable bonds is 8. The summed E-state index contributed by atoms with van der Waals surface area (Å²) in [6.07, 6.45) is 2.08. The Morgan fingerprint density at radius 2 is 1.73 bits per heavy atom. The molecule has 160 valence electrons. The van der Waals surface area contributed by atoms with Crippen LogP contribution in [-0.2, 0) is 4.79 Å². The molecule has 0 radical (unpaired) electrons. The summed E-state index contributed by atoms with van der Waals surface area (Å²) in [5.74, 6) is -1.01. The van der Waals surface area contributed by atoms with Crippen LogP contribution in [0.2, 0.25) is 0 Å². The summed E-state index contributed by atoms with van der Waals surface area (Å²) in [5.41, 5.74) is 6.17. The second kappa shape index (κ2) is 9.34. The van der Waals surface area contributed by atoms with E-state index >= 15 is 0 Å². The van der Waals surface area contributed by atoms with Crippen LogP contribution in [0, 0.1) is 5.82 Å². The second-order valence-electron chi connectivity index (χ2n) is 6.78. The largest absolute Gasteiger partial charge is 0.493 e. The van der Waals surface area contributed by atoms with Crippen molar-refractivity contribution < 1.29 is 28.2 Å². The lowest BCUT2D eigenvalue weighted by molar-refractivity contribution is -0.120. The van der Waals surface area contributed by atoms with Gasteiger partial charge in [-0.15, -0.1) is 0 Å². The van der Waals surface area contributed by atoms with E-state index in [1.54, 1.807) is 12.1 Å². The standard InChI is InChI=1S/C21H24FN3O5/c1-28-17-9-13(10-18(29-2)20(17)30-12-19(23)26)21(27)24-14-5-6-16(15(22)11-14)25-7-3-4-8-25/h5-6,9-11H,3-4,7-8,12H2,1-2H3,(H2,23,26)(H,24,27). The minimum Gasteiger partial charge on any atom is -0.493 e. The maximum atomic E-state index is 14.5. The molecule has 9 heteroatoms. The van der Waals surface area contributed by atoms with Gasteiger partial charge in [0.2, 0.25) is 5.75 Å². The zero-order valence-electron chi connectivity index (χ0n) is 16.9. The SMILES string of the molecule is COc1cc(C(=O)Nc2ccc(N3CCCC3)c(F)c2)cc(OC)c1OCC(N)=O. The quantitative estimate of drug-likeness (QED) is 0.684. The van der Waals surface area contributed by atoms with Crippen molar-refractivity contribution in [3.63, 3.8) is 0 Å². The number of nitrogens with zero attached hydrogens (tertiary/aromatic N) is 1. The highest BCUT2D eigenvalue weighted by atomic mass is 19.1.